The first-order valence-corrected chi connectivity index (χ1v) is 4.88. The molecule has 1 aliphatic rings. The summed E-state index contributed by atoms with van der Waals surface area (Å²) in [6, 6.07) is 0.892. The molecule has 1 atom stereocenters. The summed E-state index contributed by atoms with van der Waals surface area (Å²) < 4.78 is 39.2. The number of rotatable bonds is 1. The molecule has 1 aromatic rings. The van der Waals surface area contributed by atoms with Gasteiger partial charge in [-0.1, -0.05) is 0 Å². The van der Waals surface area contributed by atoms with Gasteiger partial charge in [0, 0.05) is 0 Å². The normalized spacial score (nSPS) is 19.3. The van der Waals surface area contributed by atoms with Gasteiger partial charge in [-0.05, 0) is 36.5 Å². The van der Waals surface area contributed by atoms with E-state index < -0.39 is 29.3 Å². The van der Waals surface area contributed by atoms with Crippen LogP contribution in [0.1, 0.15) is 17.5 Å². The lowest BCUT2D eigenvalue weighted by atomic mass is 9.83. The average Bonchev–Trinajstić information content (AvgIpc) is 2.25. The molecule has 1 unspecified atom stereocenters. The summed E-state index contributed by atoms with van der Waals surface area (Å²) in [7, 11) is 0. The van der Waals surface area contributed by atoms with Gasteiger partial charge in [-0.25, -0.2) is 13.2 Å². The molecule has 16 heavy (non-hydrogen) atoms. The fourth-order valence-corrected chi connectivity index (χ4v) is 2.03. The van der Waals surface area contributed by atoms with Crippen LogP contribution in [0.4, 0.5) is 13.2 Å². The van der Waals surface area contributed by atoms with Gasteiger partial charge in [0.25, 0.3) is 0 Å². The molecule has 0 saturated heterocycles. The molecule has 0 aromatic heterocycles. The van der Waals surface area contributed by atoms with Crippen LogP contribution < -0.4 is 0 Å². The smallest absolute Gasteiger partial charge is 0.306 e. The first-order valence-electron chi connectivity index (χ1n) is 4.88. The highest BCUT2D eigenvalue weighted by Gasteiger charge is 2.28. The quantitative estimate of drug-likeness (QED) is 0.751. The van der Waals surface area contributed by atoms with Crippen LogP contribution in [0.25, 0.3) is 0 Å². The zero-order chi connectivity index (χ0) is 11.9. The van der Waals surface area contributed by atoms with Gasteiger partial charge in [0.05, 0.1) is 5.92 Å². The number of aliphatic carboxylic acids is 1. The van der Waals surface area contributed by atoms with Crippen LogP contribution in [0.2, 0.25) is 0 Å². The molecular formula is C11H9F3O2. The van der Waals surface area contributed by atoms with E-state index in [1.807, 2.05) is 0 Å². The highest BCUT2D eigenvalue weighted by Crippen LogP contribution is 2.30. The molecular weight excluding hydrogens is 221 g/mol. The summed E-state index contributed by atoms with van der Waals surface area (Å²) in [5, 5.41) is 8.80. The van der Waals surface area contributed by atoms with Crippen molar-refractivity contribution in [3.8, 4) is 0 Å². The third kappa shape index (κ3) is 1.66. The Kier molecular flexibility index (Phi) is 2.61. The van der Waals surface area contributed by atoms with Gasteiger partial charge in [0.2, 0.25) is 0 Å². The Hall–Kier alpha value is -1.52. The average molecular weight is 230 g/mol. The molecule has 1 N–H and O–H groups in total. The SMILES string of the molecule is O=C(O)C1CCc2c(cc(F)c(F)c2F)C1. The van der Waals surface area contributed by atoms with Gasteiger partial charge in [0.15, 0.2) is 17.5 Å². The minimum atomic E-state index is -1.48. The summed E-state index contributed by atoms with van der Waals surface area (Å²) in [5.41, 5.74) is 0.367. The van der Waals surface area contributed by atoms with E-state index in [1.54, 1.807) is 0 Å². The molecule has 0 amide bonds. The third-order valence-electron chi connectivity index (χ3n) is 2.91. The van der Waals surface area contributed by atoms with Crippen LogP contribution in [-0.4, -0.2) is 11.1 Å². The molecule has 5 heteroatoms. The van der Waals surface area contributed by atoms with E-state index in [-0.39, 0.29) is 30.4 Å². The Bertz CT molecular complexity index is 457. The second-order valence-electron chi connectivity index (χ2n) is 3.90. The Balaban J connectivity index is 2.44. The maximum Gasteiger partial charge on any atom is 0.306 e. The van der Waals surface area contributed by atoms with Crippen molar-refractivity contribution in [2.75, 3.05) is 0 Å². The Morgan fingerprint density at radius 3 is 2.62 bits per heavy atom. The van der Waals surface area contributed by atoms with E-state index in [0.29, 0.717) is 0 Å². The lowest BCUT2D eigenvalue weighted by Crippen LogP contribution is -2.23. The maximum absolute atomic E-state index is 13.3. The van der Waals surface area contributed by atoms with Crippen molar-refractivity contribution in [1.29, 1.82) is 0 Å². The zero-order valence-electron chi connectivity index (χ0n) is 8.27. The Morgan fingerprint density at radius 2 is 2.00 bits per heavy atom. The van der Waals surface area contributed by atoms with Crippen LogP contribution in [0.15, 0.2) is 6.07 Å². The van der Waals surface area contributed by atoms with Gasteiger partial charge in [-0.3, -0.25) is 4.79 Å². The van der Waals surface area contributed by atoms with Crippen molar-refractivity contribution in [2.45, 2.75) is 19.3 Å². The third-order valence-corrected chi connectivity index (χ3v) is 2.91. The van der Waals surface area contributed by atoms with E-state index in [0.717, 1.165) is 6.07 Å². The van der Waals surface area contributed by atoms with Gasteiger partial charge >= 0.3 is 5.97 Å². The summed E-state index contributed by atoms with van der Waals surface area (Å²) in [6.45, 7) is 0. The largest absolute Gasteiger partial charge is 0.481 e. The van der Waals surface area contributed by atoms with Crippen LogP contribution in [0.3, 0.4) is 0 Å². The molecule has 0 radical (unpaired) electrons. The second-order valence-corrected chi connectivity index (χ2v) is 3.90. The van der Waals surface area contributed by atoms with Gasteiger partial charge in [0.1, 0.15) is 0 Å². The Morgan fingerprint density at radius 1 is 1.31 bits per heavy atom. The molecule has 0 heterocycles. The lowest BCUT2D eigenvalue weighted by Gasteiger charge is -2.22. The van der Waals surface area contributed by atoms with Crippen molar-refractivity contribution >= 4 is 5.97 Å². The number of halogens is 3. The molecule has 0 bridgehead atoms. The number of hydrogen-bond donors (Lipinski definition) is 1. The Labute approximate surface area is 89.7 Å². The molecule has 0 spiro atoms. The van der Waals surface area contributed by atoms with E-state index >= 15 is 0 Å². The number of carboxylic acids is 1. The van der Waals surface area contributed by atoms with Crippen LogP contribution in [0, 0.1) is 23.4 Å². The van der Waals surface area contributed by atoms with Crippen LogP contribution >= 0.6 is 0 Å². The molecule has 86 valence electrons. The number of carboxylic acid groups (broad SMARTS) is 1. The number of hydrogen-bond acceptors (Lipinski definition) is 1. The summed E-state index contributed by atoms with van der Waals surface area (Å²) in [6.07, 6.45) is 0.443. The van der Waals surface area contributed by atoms with Crippen molar-refractivity contribution in [3.63, 3.8) is 0 Å². The van der Waals surface area contributed by atoms with E-state index in [4.69, 9.17) is 5.11 Å². The monoisotopic (exact) mass is 230 g/mol. The zero-order valence-corrected chi connectivity index (χ0v) is 8.27. The van der Waals surface area contributed by atoms with E-state index in [2.05, 4.69) is 0 Å². The highest BCUT2D eigenvalue weighted by atomic mass is 19.2. The molecule has 0 aliphatic heterocycles. The van der Waals surface area contributed by atoms with E-state index in [1.165, 1.54) is 0 Å². The predicted molar refractivity (Wildman–Crippen MR) is 49.5 cm³/mol. The number of carbonyl (C=O) groups is 1. The molecule has 1 aromatic carbocycles. The molecule has 2 nitrogen and oxygen atoms in total. The molecule has 2 rings (SSSR count). The second kappa shape index (κ2) is 3.81. The van der Waals surface area contributed by atoms with Crippen molar-refractivity contribution in [2.24, 2.45) is 5.92 Å². The summed E-state index contributed by atoms with van der Waals surface area (Å²) >= 11 is 0. The minimum absolute atomic E-state index is 0.0544. The molecule has 1 aliphatic carbocycles. The summed E-state index contributed by atoms with van der Waals surface area (Å²) in [5.74, 6) is -5.55. The maximum atomic E-state index is 13.3. The van der Waals surface area contributed by atoms with Gasteiger partial charge < -0.3 is 5.11 Å². The van der Waals surface area contributed by atoms with Crippen molar-refractivity contribution < 1.29 is 23.1 Å². The number of fused-ring (bicyclic) bond motifs is 1. The first kappa shape index (κ1) is 11.0. The predicted octanol–water partition coefficient (Wildman–Crippen LogP) is 2.29. The topological polar surface area (TPSA) is 37.3 Å². The van der Waals surface area contributed by atoms with E-state index in [9.17, 15) is 18.0 Å². The first-order chi connectivity index (χ1) is 7.50. The fourth-order valence-electron chi connectivity index (χ4n) is 2.03. The van der Waals surface area contributed by atoms with Crippen molar-refractivity contribution in [1.82, 2.24) is 0 Å². The standard InChI is InChI=1S/C11H9F3O2/c12-8-4-6-3-5(11(15)16)1-2-7(6)9(13)10(8)14/h4-5H,1-3H2,(H,15,16). The lowest BCUT2D eigenvalue weighted by molar-refractivity contribution is -0.142. The summed E-state index contributed by atoms with van der Waals surface area (Å²) in [4.78, 5) is 10.7. The van der Waals surface area contributed by atoms with Crippen LogP contribution in [0.5, 0.6) is 0 Å². The van der Waals surface area contributed by atoms with Crippen molar-refractivity contribution in [3.05, 3.63) is 34.6 Å². The van der Waals surface area contributed by atoms with Gasteiger partial charge in [-0.2, -0.15) is 0 Å². The fraction of sp³-hybridized carbons (Fsp3) is 0.364. The van der Waals surface area contributed by atoms with Gasteiger partial charge in [-0.15, -0.1) is 0 Å². The number of benzene rings is 1. The van der Waals surface area contributed by atoms with Crippen LogP contribution in [-0.2, 0) is 17.6 Å². The minimum Gasteiger partial charge on any atom is -0.481 e. The highest BCUT2D eigenvalue weighted by molar-refractivity contribution is 5.71. The molecule has 0 saturated carbocycles. The molecule has 0 fully saturated rings.